The van der Waals surface area contributed by atoms with Gasteiger partial charge in [0.15, 0.2) is 0 Å². The first-order chi connectivity index (χ1) is 21.8. The highest BCUT2D eigenvalue weighted by molar-refractivity contribution is 5.86. The van der Waals surface area contributed by atoms with E-state index in [2.05, 4.69) is 16.0 Å². The monoisotopic (exact) mass is 633 g/mol. The summed E-state index contributed by atoms with van der Waals surface area (Å²) in [4.78, 5) is 39.1. The highest BCUT2D eigenvalue weighted by atomic mass is 16.6. The first kappa shape index (κ1) is 36.1. The Kier molecular flexibility index (Phi) is 13.6. The molecule has 3 rings (SSSR count). The maximum Gasteiger partial charge on any atom is 0.408 e. The molecule has 5 N–H and O–H groups in total. The Bertz CT molecular complexity index is 1360. The van der Waals surface area contributed by atoms with Gasteiger partial charge in [0, 0.05) is 0 Å². The van der Waals surface area contributed by atoms with Crippen LogP contribution in [0.1, 0.15) is 51.3 Å². The SMILES string of the molecule is CC(C)[C@H](NC(=O)OCc1ccccc1)C(=O)N[C@@H](Cc1ccccc1)[C@@H](O)[C@@H](O)[C@H](Cc1ccccc1)NC(=O)OC(C)(C)C. The number of nitrogens with one attached hydrogen (secondary N) is 3. The molecule has 46 heavy (non-hydrogen) atoms. The summed E-state index contributed by atoms with van der Waals surface area (Å²) in [7, 11) is 0. The lowest BCUT2D eigenvalue weighted by Crippen LogP contribution is -2.60. The third kappa shape index (κ3) is 12.2. The second-order valence-corrected chi connectivity index (χ2v) is 12.7. The predicted molar refractivity (Wildman–Crippen MR) is 176 cm³/mol. The molecule has 0 heterocycles. The number of alkyl carbamates (subject to hydrolysis) is 2. The van der Waals surface area contributed by atoms with E-state index in [1.807, 2.05) is 91.0 Å². The summed E-state index contributed by atoms with van der Waals surface area (Å²) >= 11 is 0. The predicted octanol–water partition coefficient (Wildman–Crippen LogP) is 4.52. The Morgan fingerprint density at radius 1 is 0.652 bits per heavy atom. The molecule has 0 aromatic heterocycles. The van der Waals surface area contributed by atoms with Crippen LogP contribution in [0.15, 0.2) is 91.0 Å². The molecule has 0 bridgehead atoms. The molecule has 3 aromatic carbocycles. The molecular weight excluding hydrogens is 586 g/mol. The molecule has 0 radical (unpaired) electrons. The molecule has 0 aliphatic heterocycles. The van der Waals surface area contributed by atoms with Gasteiger partial charge in [0.25, 0.3) is 0 Å². The van der Waals surface area contributed by atoms with Crippen LogP contribution in [-0.4, -0.2) is 64.2 Å². The number of carbonyl (C=O) groups is 3. The van der Waals surface area contributed by atoms with Crippen molar-refractivity contribution in [3.63, 3.8) is 0 Å². The van der Waals surface area contributed by atoms with E-state index in [1.165, 1.54) is 0 Å². The fourth-order valence-electron chi connectivity index (χ4n) is 4.88. The molecule has 0 aliphatic carbocycles. The lowest BCUT2D eigenvalue weighted by molar-refractivity contribution is -0.126. The second kappa shape index (κ2) is 17.3. The van der Waals surface area contributed by atoms with Gasteiger partial charge in [0.2, 0.25) is 5.91 Å². The van der Waals surface area contributed by atoms with E-state index in [4.69, 9.17) is 9.47 Å². The first-order valence-corrected chi connectivity index (χ1v) is 15.5. The van der Waals surface area contributed by atoms with Crippen LogP contribution in [-0.2, 0) is 33.7 Å². The minimum atomic E-state index is -1.52. The van der Waals surface area contributed by atoms with Crippen LogP contribution in [0.4, 0.5) is 9.59 Å². The maximum absolute atomic E-state index is 13.7. The van der Waals surface area contributed by atoms with Crippen molar-refractivity contribution in [3.05, 3.63) is 108 Å². The van der Waals surface area contributed by atoms with E-state index in [0.717, 1.165) is 16.7 Å². The van der Waals surface area contributed by atoms with E-state index in [-0.39, 0.29) is 25.4 Å². The third-order valence-corrected chi connectivity index (χ3v) is 7.24. The number of ether oxygens (including phenoxy) is 2. The number of hydrogen-bond acceptors (Lipinski definition) is 7. The first-order valence-electron chi connectivity index (χ1n) is 15.5. The minimum Gasteiger partial charge on any atom is -0.445 e. The van der Waals surface area contributed by atoms with E-state index < -0.39 is 54.0 Å². The van der Waals surface area contributed by atoms with Crippen molar-refractivity contribution < 1.29 is 34.1 Å². The van der Waals surface area contributed by atoms with Gasteiger partial charge >= 0.3 is 12.2 Å². The molecule has 248 valence electrons. The summed E-state index contributed by atoms with van der Waals surface area (Å²) in [5, 5.41) is 31.4. The molecule has 10 heteroatoms. The standard InChI is InChI=1S/C36H47N3O7/c1-24(2)30(39-34(43)45-23-27-19-13-8-14-20-27)33(42)37-28(21-25-15-9-6-10-16-25)31(40)32(41)29(22-26-17-11-7-12-18-26)38-35(44)46-36(3,4)5/h6-20,24,28-32,40-41H,21-23H2,1-5H3,(H,37,42)(H,38,44)(H,39,43)/t28-,29-,30-,31+,32-/m0/s1. The van der Waals surface area contributed by atoms with Gasteiger partial charge in [-0.05, 0) is 56.2 Å². The summed E-state index contributed by atoms with van der Waals surface area (Å²) in [6.45, 7) is 8.78. The topological polar surface area (TPSA) is 146 Å². The number of benzene rings is 3. The normalized spacial score (nSPS) is 14.7. The van der Waals surface area contributed by atoms with Gasteiger partial charge in [-0.1, -0.05) is 105 Å². The van der Waals surface area contributed by atoms with Crippen molar-refractivity contribution >= 4 is 18.1 Å². The van der Waals surface area contributed by atoms with E-state index >= 15 is 0 Å². The number of carbonyl (C=O) groups excluding carboxylic acids is 3. The van der Waals surface area contributed by atoms with Crippen LogP contribution in [0.5, 0.6) is 0 Å². The van der Waals surface area contributed by atoms with Crippen molar-refractivity contribution in [2.75, 3.05) is 0 Å². The van der Waals surface area contributed by atoms with Gasteiger partial charge in [-0.2, -0.15) is 0 Å². The zero-order valence-electron chi connectivity index (χ0n) is 27.2. The summed E-state index contributed by atoms with van der Waals surface area (Å²) < 4.78 is 10.8. The maximum atomic E-state index is 13.7. The largest absolute Gasteiger partial charge is 0.445 e. The van der Waals surface area contributed by atoms with Crippen molar-refractivity contribution in [3.8, 4) is 0 Å². The Hall–Kier alpha value is -4.41. The zero-order chi connectivity index (χ0) is 33.7. The van der Waals surface area contributed by atoms with Crippen LogP contribution in [0.25, 0.3) is 0 Å². The van der Waals surface area contributed by atoms with Gasteiger partial charge in [0.05, 0.1) is 12.1 Å². The van der Waals surface area contributed by atoms with Gasteiger partial charge in [0.1, 0.15) is 30.5 Å². The van der Waals surface area contributed by atoms with Gasteiger partial charge in [-0.15, -0.1) is 0 Å². The van der Waals surface area contributed by atoms with E-state index in [9.17, 15) is 24.6 Å². The molecule has 0 spiro atoms. The van der Waals surface area contributed by atoms with Crippen molar-refractivity contribution in [1.82, 2.24) is 16.0 Å². The lowest BCUT2D eigenvalue weighted by Gasteiger charge is -2.34. The van der Waals surface area contributed by atoms with E-state index in [1.54, 1.807) is 34.6 Å². The lowest BCUT2D eigenvalue weighted by atomic mass is 9.90. The van der Waals surface area contributed by atoms with Crippen molar-refractivity contribution in [2.24, 2.45) is 5.92 Å². The quantitative estimate of drug-likeness (QED) is 0.175. The summed E-state index contributed by atoms with van der Waals surface area (Å²) in [6, 6.07) is 24.7. The number of aliphatic hydroxyl groups is 2. The average molecular weight is 634 g/mol. The average Bonchev–Trinajstić information content (AvgIpc) is 3.01. The second-order valence-electron chi connectivity index (χ2n) is 12.7. The molecular formula is C36H47N3O7. The smallest absolute Gasteiger partial charge is 0.408 e. The molecule has 0 unspecified atom stereocenters. The fourth-order valence-corrected chi connectivity index (χ4v) is 4.88. The molecule has 0 aliphatic rings. The Morgan fingerprint density at radius 2 is 1.09 bits per heavy atom. The Morgan fingerprint density at radius 3 is 1.52 bits per heavy atom. The molecule has 3 amide bonds. The number of rotatable bonds is 14. The number of amides is 3. The molecule has 0 fully saturated rings. The molecule has 3 aromatic rings. The molecule has 0 saturated heterocycles. The number of hydrogen-bond donors (Lipinski definition) is 5. The van der Waals surface area contributed by atoms with Crippen LogP contribution >= 0.6 is 0 Å². The van der Waals surface area contributed by atoms with Gasteiger partial charge in [-0.3, -0.25) is 4.79 Å². The van der Waals surface area contributed by atoms with Crippen LogP contribution in [0, 0.1) is 5.92 Å². The Balaban J connectivity index is 1.81. The summed E-state index contributed by atoms with van der Waals surface area (Å²) in [5.41, 5.74) is 1.63. The zero-order valence-corrected chi connectivity index (χ0v) is 27.2. The highest BCUT2D eigenvalue weighted by Gasteiger charge is 2.37. The number of aliphatic hydroxyl groups excluding tert-OH is 2. The van der Waals surface area contributed by atoms with Crippen molar-refractivity contribution in [1.29, 1.82) is 0 Å². The minimum absolute atomic E-state index is 0.0358. The Labute approximate surface area is 271 Å². The third-order valence-electron chi connectivity index (χ3n) is 7.24. The van der Waals surface area contributed by atoms with Crippen LogP contribution in [0.3, 0.4) is 0 Å². The van der Waals surface area contributed by atoms with Crippen LogP contribution < -0.4 is 16.0 Å². The fraction of sp³-hybridized carbons (Fsp3) is 0.417. The van der Waals surface area contributed by atoms with E-state index in [0.29, 0.717) is 0 Å². The van der Waals surface area contributed by atoms with Crippen molar-refractivity contribution in [2.45, 2.75) is 90.0 Å². The summed E-state index contributed by atoms with van der Waals surface area (Å²) in [6.07, 6.45) is -4.19. The molecule has 0 saturated carbocycles. The van der Waals surface area contributed by atoms with Crippen LogP contribution in [0.2, 0.25) is 0 Å². The highest BCUT2D eigenvalue weighted by Crippen LogP contribution is 2.17. The summed E-state index contributed by atoms with van der Waals surface area (Å²) in [5.74, 6) is -0.887. The van der Waals surface area contributed by atoms with Gasteiger partial charge < -0.3 is 35.6 Å². The molecule has 5 atom stereocenters. The van der Waals surface area contributed by atoms with Gasteiger partial charge in [-0.25, -0.2) is 9.59 Å². The molecule has 10 nitrogen and oxygen atoms in total.